The van der Waals surface area contributed by atoms with E-state index in [0.717, 1.165) is 6.07 Å². The highest BCUT2D eigenvalue weighted by atomic mass is 35.5. The second-order valence-corrected chi connectivity index (χ2v) is 3.38. The van der Waals surface area contributed by atoms with Crippen LogP contribution in [0, 0.1) is 11.8 Å². The first-order valence-corrected chi connectivity index (χ1v) is 4.83. The molecule has 0 spiro atoms. The molecule has 0 radical (unpaired) electrons. The number of anilines is 1. The summed E-state index contributed by atoms with van der Waals surface area (Å²) in [5, 5.41) is 2.45. The van der Waals surface area contributed by atoms with Crippen LogP contribution in [0.25, 0.3) is 0 Å². The van der Waals surface area contributed by atoms with Gasteiger partial charge in [0.15, 0.2) is 0 Å². The van der Waals surface area contributed by atoms with E-state index >= 15 is 0 Å². The van der Waals surface area contributed by atoms with Crippen molar-refractivity contribution in [2.45, 2.75) is 13.1 Å². The van der Waals surface area contributed by atoms with Crippen molar-refractivity contribution in [2.24, 2.45) is 0 Å². The van der Waals surface area contributed by atoms with Gasteiger partial charge in [0.05, 0.1) is 17.1 Å². The number of hydrogen-bond donors (Lipinski definition) is 1. The van der Waals surface area contributed by atoms with E-state index in [9.17, 15) is 13.2 Å². The smallest absolute Gasteiger partial charge is 0.374 e. The van der Waals surface area contributed by atoms with Crippen LogP contribution in [0.15, 0.2) is 18.2 Å². The lowest BCUT2D eigenvalue weighted by Gasteiger charge is -2.11. The Morgan fingerprint density at radius 3 is 2.62 bits per heavy atom. The van der Waals surface area contributed by atoms with Crippen molar-refractivity contribution in [3.05, 3.63) is 28.8 Å². The van der Waals surface area contributed by atoms with E-state index in [1.165, 1.54) is 12.1 Å². The van der Waals surface area contributed by atoms with Crippen LogP contribution in [-0.4, -0.2) is 6.54 Å². The first-order valence-electron chi connectivity index (χ1n) is 4.45. The number of rotatable bonds is 2. The summed E-state index contributed by atoms with van der Waals surface area (Å²) in [4.78, 5) is 0. The molecule has 0 amide bonds. The lowest BCUT2D eigenvalue weighted by atomic mass is 10.2. The summed E-state index contributed by atoms with van der Waals surface area (Å²) < 4.78 is 37.4. The average Bonchev–Trinajstić information content (AvgIpc) is 2.19. The van der Waals surface area contributed by atoms with Crippen LogP contribution >= 0.6 is 11.6 Å². The summed E-state index contributed by atoms with van der Waals surface area (Å²) in [5.74, 6) is 5.33. The minimum Gasteiger partial charge on any atom is -0.374 e. The zero-order valence-electron chi connectivity index (χ0n) is 8.45. The number of halogens is 4. The molecule has 0 aliphatic rings. The maximum Gasteiger partial charge on any atom is 0.417 e. The quantitative estimate of drug-likeness (QED) is 0.784. The molecule has 1 nitrogen and oxygen atoms in total. The molecule has 16 heavy (non-hydrogen) atoms. The van der Waals surface area contributed by atoms with Crippen molar-refractivity contribution in [1.82, 2.24) is 0 Å². The maximum atomic E-state index is 12.5. The third-order valence-corrected chi connectivity index (χ3v) is 2.16. The third kappa shape index (κ3) is 3.35. The summed E-state index contributed by atoms with van der Waals surface area (Å²) in [6.45, 7) is 1.96. The van der Waals surface area contributed by atoms with Gasteiger partial charge in [0.25, 0.3) is 0 Å². The Morgan fingerprint density at radius 1 is 1.38 bits per heavy atom. The van der Waals surface area contributed by atoms with Gasteiger partial charge in [0.2, 0.25) is 0 Å². The molecule has 1 rings (SSSR count). The fourth-order valence-corrected chi connectivity index (χ4v) is 1.31. The number of nitrogens with one attached hydrogen (secondary N) is 1. The molecule has 0 aliphatic carbocycles. The summed E-state index contributed by atoms with van der Waals surface area (Å²) in [6, 6.07) is 3.67. The molecule has 0 saturated heterocycles. The van der Waals surface area contributed by atoms with Crippen LogP contribution in [0.2, 0.25) is 5.02 Å². The summed E-state index contributed by atoms with van der Waals surface area (Å²) in [6.07, 6.45) is -4.44. The Kier molecular flexibility index (Phi) is 4.08. The van der Waals surface area contributed by atoms with Crippen LogP contribution in [0.3, 0.4) is 0 Å². The van der Waals surface area contributed by atoms with Gasteiger partial charge in [-0.05, 0) is 25.1 Å². The van der Waals surface area contributed by atoms with Gasteiger partial charge in [-0.2, -0.15) is 13.2 Å². The average molecular weight is 248 g/mol. The molecule has 0 unspecified atom stereocenters. The van der Waals surface area contributed by atoms with Gasteiger partial charge >= 0.3 is 6.18 Å². The van der Waals surface area contributed by atoms with E-state index < -0.39 is 11.7 Å². The van der Waals surface area contributed by atoms with Gasteiger partial charge in [-0.1, -0.05) is 17.5 Å². The van der Waals surface area contributed by atoms with Gasteiger partial charge in [-0.15, -0.1) is 5.92 Å². The molecule has 0 saturated carbocycles. The topological polar surface area (TPSA) is 12.0 Å². The molecule has 1 aromatic rings. The van der Waals surface area contributed by atoms with Crippen molar-refractivity contribution < 1.29 is 13.2 Å². The van der Waals surface area contributed by atoms with E-state index in [2.05, 4.69) is 17.2 Å². The molecular formula is C11H9ClF3N. The monoisotopic (exact) mass is 247 g/mol. The van der Waals surface area contributed by atoms with Gasteiger partial charge in [-0.3, -0.25) is 0 Å². The fourth-order valence-electron chi connectivity index (χ4n) is 1.09. The van der Waals surface area contributed by atoms with Gasteiger partial charge in [0.1, 0.15) is 0 Å². The van der Waals surface area contributed by atoms with E-state index in [0.29, 0.717) is 12.2 Å². The molecule has 0 aliphatic heterocycles. The molecule has 86 valence electrons. The molecule has 0 fully saturated rings. The molecule has 0 bridgehead atoms. The number of alkyl halides is 3. The zero-order valence-corrected chi connectivity index (χ0v) is 9.21. The Hall–Kier alpha value is -1.34. The van der Waals surface area contributed by atoms with E-state index in [4.69, 9.17) is 11.6 Å². The molecule has 0 atom stereocenters. The zero-order chi connectivity index (χ0) is 12.2. The standard InChI is InChI=1S/C11H9ClF3N/c1-2-3-6-16-8-4-5-10(12)9(7-8)11(13,14)15/h4-5,7,16H,6H2,1H3. The largest absolute Gasteiger partial charge is 0.417 e. The lowest BCUT2D eigenvalue weighted by Crippen LogP contribution is -2.07. The van der Waals surface area contributed by atoms with E-state index in [1.54, 1.807) is 6.92 Å². The predicted octanol–water partition coefficient (Wildman–Crippen LogP) is 3.79. The first-order chi connectivity index (χ1) is 7.45. The minimum absolute atomic E-state index is 0.301. The lowest BCUT2D eigenvalue weighted by molar-refractivity contribution is -0.137. The second kappa shape index (κ2) is 5.13. The molecule has 5 heteroatoms. The van der Waals surface area contributed by atoms with Crippen molar-refractivity contribution >= 4 is 17.3 Å². The number of benzene rings is 1. The highest BCUT2D eigenvalue weighted by Crippen LogP contribution is 2.36. The van der Waals surface area contributed by atoms with E-state index in [-0.39, 0.29) is 5.02 Å². The summed E-state index contributed by atoms with van der Waals surface area (Å²) in [5.41, 5.74) is -0.497. The van der Waals surface area contributed by atoms with Crippen LogP contribution in [-0.2, 0) is 6.18 Å². The number of hydrogen-bond acceptors (Lipinski definition) is 1. The first kappa shape index (κ1) is 12.7. The van der Waals surface area contributed by atoms with Crippen LogP contribution in [0.1, 0.15) is 12.5 Å². The summed E-state index contributed by atoms with van der Waals surface area (Å²) in [7, 11) is 0. The normalized spacial score (nSPS) is 10.6. The maximum absolute atomic E-state index is 12.5. The fraction of sp³-hybridized carbons (Fsp3) is 0.273. The second-order valence-electron chi connectivity index (χ2n) is 2.97. The third-order valence-electron chi connectivity index (χ3n) is 1.83. The molecule has 0 aromatic heterocycles. The molecular weight excluding hydrogens is 239 g/mol. The SMILES string of the molecule is CC#CCNc1ccc(Cl)c(C(F)(F)F)c1. The highest BCUT2D eigenvalue weighted by Gasteiger charge is 2.33. The van der Waals surface area contributed by atoms with Crippen molar-refractivity contribution in [2.75, 3.05) is 11.9 Å². The Balaban J connectivity index is 2.93. The Bertz CT molecular complexity index is 429. The molecule has 1 aromatic carbocycles. The van der Waals surface area contributed by atoms with Crippen LogP contribution in [0.4, 0.5) is 18.9 Å². The van der Waals surface area contributed by atoms with Crippen molar-refractivity contribution in [3.63, 3.8) is 0 Å². The van der Waals surface area contributed by atoms with Gasteiger partial charge in [-0.25, -0.2) is 0 Å². The summed E-state index contributed by atoms with van der Waals surface area (Å²) >= 11 is 5.47. The van der Waals surface area contributed by atoms with Crippen molar-refractivity contribution in [3.8, 4) is 11.8 Å². The highest BCUT2D eigenvalue weighted by molar-refractivity contribution is 6.31. The van der Waals surface area contributed by atoms with Gasteiger partial charge < -0.3 is 5.32 Å². The predicted molar refractivity (Wildman–Crippen MR) is 58.4 cm³/mol. The van der Waals surface area contributed by atoms with Crippen molar-refractivity contribution in [1.29, 1.82) is 0 Å². The van der Waals surface area contributed by atoms with Crippen LogP contribution in [0.5, 0.6) is 0 Å². The Morgan fingerprint density at radius 2 is 2.06 bits per heavy atom. The van der Waals surface area contributed by atoms with Gasteiger partial charge in [0, 0.05) is 5.69 Å². The van der Waals surface area contributed by atoms with E-state index in [1.807, 2.05) is 0 Å². The molecule has 0 heterocycles. The minimum atomic E-state index is -4.44. The van der Waals surface area contributed by atoms with Crippen LogP contribution < -0.4 is 5.32 Å². The molecule has 1 N–H and O–H groups in total. The Labute approximate surface area is 96.6 Å².